The Morgan fingerprint density at radius 2 is 1.68 bits per heavy atom. The van der Waals surface area contributed by atoms with Crippen molar-refractivity contribution in [2.24, 2.45) is 28.3 Å². The molecule has 4 saturated carbocycles. The number of carbonyl (C=O) groups is 2. The molecule has 28 heavy (non-hydrogen) atoms. The fourth-order valence-corrected chi connectivity index (χ4v) is 7.05. The van der Waals surface area contributed by atoms with Crippen LogP contribution in [-0.4, -0.2) is 26.3 Å². The third-order valence-electron chi connectivity index (χ3n) is 6.69. The third-order valence-corrected chi connectivity index (χ3v) is 8.08. The zero-order valence-corrected chi connectivity index (χ0v) is 17.3. The molecule has 4 fully saturated rings. The van der Waals surface area contributed by atoms with E-state index in [-0.39, 0.29) is 26.7 Å². The number of Topliss-reactive ketones (excluding diaryl/α,β-unsaturated/α-hetero) is 1. The second-order valence-corrected chi connectivity index (χ2v) is 10.7. The second-order valence-electron chi connectivity index (χ2n) is 8.80. The number of nitrogens with two attached hydrogens (primary N) is 1. The summed E-state index contributed by atoms with van der Waals surface area (Å²) < 4.78 is 28.6. The lowest BCUT2D eigenvalue weighted by molar-refractivity contribution is -0.152. The maximum atomic E-state index is 13.2. The van der Waals surface area contributed by atoms with Gasteiger partial charge in [-0.3, -0.25) is 4.79 Å². The molecular weight excluding hydrogens is 402 g/mol. The van der Waals surface area contributed by atoms with Gasteiger partial charge in [0.25, 0.3) is 0 Å². The molecule has 0 radical (unpaired) electrons. The first-order chi connectivity index (χ1) is 13.1. The van der Waals surface area contributed by atoms with Crippen LogP contribution in [0, 0.1) is 23.2 Å². The summed E-state index contributed by atoms with van der Waals surface area (Å²) in [6.07, 6.45) is 5.49. The molecule has 0 spiro atoms. The molecule has 0 unspecified atom stereocenters. The summed E-state index contributed by atoms with van der Waals surface area (Å²) in [5, 5.41) is 5.05. The first kappa shape index (κ1) is 19.9. The SMILES string of the molecule is C[C@H](OC(=O)c1ccc(Cl)c(S(N)(=O)=O)c1)C(=O)C12CC3CC(CC(C3)C1)C2. The van der Waals surface area contributed by atoms with Crippen molar-refractivity contribution in [3.63, 3.8) is 0 Å². The van der Waals surface area contributed by atoms with Gasteiger partial charge in [0.2, 0.25) is 10.0 Å². The average molecular weight is 426 g/mol. The predicted octanol–water partition coefficient (Wildman–Crippen LogP) is 3.32. The zero-order valence-electron chi connectivity index (χ0n) is 15.7. The minimum Gasteiger partial charge on any atom is -0.451 e. The van der Waals surface area contributed by atoms with Crippen molar-refractivity contribution in [1.29, 1.82) is 0 Å². The van der Waals surface area contributed by atoms with Gasteiger partial charge < -0.3 is 4.74 Å². The van der Waals surface area contributed by atoms with Gasteiger partial charge in [-0.2, -0.15) is 0 Å². The van der Waals surface area contributed by atoms with Crippen LogP contribution in [0.4, 0.5) is 0 Å². The number of rotatable bonds is 5. The van der Waals surface area contributed by atoms with E-state index in [2.05, 4.69) is 0 Å². The molecule has 4 bridgehead atoms. The van der Waals surface area contributed by atoms with Gasteiger partial charge in [-0.1, -0.05) is 11.6 Å². The molecule has 1 atom stereocenters. The van der Waals surface area contributed by atoms with Crippen molar-refractivity contribution in [2.45, 2.75) is 56.4 Å². The van der Waals surface area contributed by atoms with E-state index in [1.54, 1.807) is 6.92 Å². The zero-order chi connectivity index (χ0) is 20.3. The van der Waals surface area contributed by atoms with Gasteiger partial charge in [-0.25, -0.2) is 18.4 Å². The number of hydrogen-bond acceptors (Lipinski definition) is 5. The Hall–Kier alpha value is -1.44. The average Bonchev–Trinajstić information content (AvgIpc) is 2.59. The summed E-state index contributed by atoms with van der Waals surface area (Å²) in [6, 6.07) is 3.73. The normalized spacial score (nSPS) is 32.2. The molecule has 6 nitrogen and oxygen atoms in total. The highest BCUT2D eigenvalue weighted by Gasteiger charge is 2.55. The van der Waals surface area contributed by atoms with Crippen molar-refractivity contribution in [3.8, 4) is 0 Å². The lowest BCUT2D eigenvalue weighted by atomic mass is 9.48. The van der Waals surface area contributed by atoms with E-state index in [1.807, 2.05) is 0 Å². The Bertz CT molecular complexity index is 907. The molecule has 8 heteroatoms. The maximum Gasteiger partial charge on any atom is 0.338 e. The molecule has 1 aromatic carbocycles. The van der Waals surface area contributed by atoms with E-state index in [4.69, 9.17) is 21.5 Å². The van der Waals surface area contributed by atoms with Crippen molar-refractivity contribution < 1.29 is 22.7 Å². The summed E-state index contributed by atoms with van der Waals surface area (Å²) in [6.45, 7) is 1.61. The van der Waals surface area contributed by atoms with E-state index in [1.165, 1.54) is 31.4 Å². The molecule has 0 heterocycles. The smallest absolute Gasteiger partial charge is 0.338 e. The van der Waals surface area contributed by atoms with Crippen LogP contribution < -0.4 is 5.14 Å². The number of ketones is 1. The van der Waals surface area contributed by atoms with Crippen molar-refractivity contribution in [2.75, 3.05) is 0 Å². The highest BCUT2D eigenvalue weighted by molar-refractivity contribution is 7.89. The molecule has 152 valence electrons. The van der Waals surface area contributed by atoms with Crippen molar-refractivity contribution >= 4 is 33.4 Å². The Kier molecular flexibility index (Phi) is 4.83. The van der Waals surface area contributed by atoms with Crippen LogP contribution in [0.3, 0.4) is 0 Å². The molecule has 2 N–H and O–H groups in total. The summed E-state index contributed by atoms with van der Waals surface area (Å²) in [4.78, 5) is 25.4. The number of primary sulfonamides is 1. The monoisotopic (exact) mass is 425 g/mol. The van der Waals surface area contributed by atoms with Crippen LogP contribution in [-0.2, 0) is 19.6 Å². The van der Waals surface area contributed by atoms with Gasteiger partial charge in [0.05, 0.1) is 10.6 Å². The topological polar surface area (TPSA) is 104 Å². The quantitative estimate of drug-likeness (QED) is 0.728. The van der Waals surface area contributed by atoms with Gasteiger partial charge in [-0.15, -0.1) is 0 Å². The molecular formula is C20H24ClNO5S. The van der Waals surface area contributed by atoms with E-state index in [0.717, 1.165) is 25.3 Å². The Morgan fingerprint density at radius 1 is 1.14 bits per heavy atom. The second kappa shape index (κ2) is 6.82. The van der Waals surface area contributed by atoms with Gasteiger partial charge >= 0.3 is 5.97 Å². The van der Waals surface area contributed by atoms with Crippen LogP contribution in [0.5, 0.6) is 0 Å². The van der Waals surface area contributed by atoms with Crippen LogP contribution in [0.15, 0.2) is 23.1 Å². The van der Waals surface area contributed by atoms with Crippen LogP contribution in [0.1, 0.15) is 55.8 Å². The van der Waals surface area contributed by atoms with Gasteiger partial charge in [0, 0.05) is 5.41 Å². The number of sulfonamides is 1. The predicted molar refractivity (Wildman–Crippen MR) is 103 cm³/mol. The lowest BCUT2D eigenvalue weighted by Crippen LogP contribution is -2.52. The molecule has 1 aromatic rings. The highest BCUT2D eigenvalue weighted by Crippen LogP contribution is 2.60. The number of halogens is 1. The van der Waals surface area contributed by atoms with Crippen LogP contribution in [0.2, 0.25) is 5.02 Å². The molecule has 0 aliphatic heterocycles. The number of hydrogen-bond donors (Lipinski definition) is 1. The first-order valence-electron chi connectivity index (χ1n) is 9.65. The standard InChI is InChI=1S/C20H24ClNO5S/c1-11(18(23)20-8-12-4-13(9-20)6-14(5-12)10-20)27-19(24)15-2-3-16(21)17(7-15)28(22,25)26/h2-3,7,11-14H,4-6,8-10H2,1H3,(H2,22,25,26)/t11-,12?,13?,14?,20?/m0/s1. The van der Waals surface area contributed by atoms with Crippen LogP contribution >= 0.6 is 11.6 Å². The lowest BCUT2D eigenvalue weighted by Gasteiger charge is -2.56. The Labute approximate surface area is 169 Å². The molecule has 0 aromatic heterocycles. The molecule has 0 amide bonds. The van der Waals surface area contributed by atoms with E-state index >= 15 is 0 Å². The fraction of sp³-hybridized carbons (Fsp3) is 0.600. The molecule has 5 rings (SSSR count). The summed E-state index contributed by atoms with van der Waals surface area (Å²) in [5.41, 5.74) is -0.362. The maximum absolute atomic E-state index is 13.2. The highest BCUT2D eigenvalue weighted by atomic mass is 35.5. The summed E-state index contributed by atoms with van der Waals surface area (Å²) in [7, 11) is -4.07. The van der Waals surface area contributed by atoms with E-state index in [0.29, 0.717) is 17.8 Å². The molecule has 0 saturated heterocycles. The summed E-state index contributed by atoms with van der Waals surface area (Å²) in [5.74, 6) is 1.10. The third kappa shape index (κ3) is 3.48. The minimum absolute atomic E-state index is 0.000540. The number of esters is 1. The van der Waals surface area contributed by atoms with Crippen molar-refractivity contribution in [1.82, 2.24) is 0 Å². The number of carbonyl (C=O) groups excluding carboxylic acids is 2. The summed E-state index contributed by atoms with van der Waals surface area (Å²) >= 11 is 5.85. The Balaban J connectivity index is 1.50. The Morgan fingerprint density at radius 3 is 2.18 bits per heavy atom. The van der Waals surface area contributed by atoms with E-state index in [9.17, 15) is 18.0 Å². The number of ether oxygens (including phenoxy) is 1. The van der Waals surface area contributed by atoms with Gasteiger partial charge in [0.15, 0.2) is 11.9 Å². The first-order valence-corrected chi connectivity index (χ1v) is 11.6. The fourth-order valence-electron chi connectivity index (χ4n) is 5.97. The van der Waals surface area contributed by atoms with Crippen molar-refractivity contribution in [3.05, 3.63) is 28.8 Å². The van der Waals surface area contributed by atoms with Gasteiger partial charge in [-0.05, 0) is 81.4 Å². The van der Waals surface area contributed by atoms with Gasteiger partial charge in [0.1, 0.15) is 4.90 Å². The number of benzene rings is 1. The van der Waals surface area contributed by atoms with E-state index < -0.39 is 22.1 Å². The largest absolute Gasteiger partial charge is 0.451 e. The van der Waals surface area contributed by atoms with Crippen LogP contribution in [0.25, 0.3) is 0 Å². The molecule has 4 aliphatic rings. The minimum atomic E-state index is -4.07. The molecule has 4 aliphatic carbocycles.